The number of carbonyl (C=O) groups is 1. The smallest absolute Gasteiger partial charge is 0.307 e. The molecule has 0 saturated heterocycles. The average molecular weight is 327 g/mol. The molecule has 2 N–H and O–H groups in total. The van der Waals surface area contributed by atoms with Crippen molar-refractivity contribution in [2.75, 3.05) is 7.11 Å². The number of hydrogen-bond donors (Lipinski definition) is 2. The molecule has 0 spiro atoms. The quantitative estimate of drug-likeness (QED) is 0.549. The normalized spacial score (nSPS) is 10.7. The molecule has 0 aliphatic rings. The zero-order chi connectivity index (χ0) is 17.3. The molecule has 2 aromatic carbocycles. The Hall–Kier alpha value is -3.42. The van der Waals surface area contributed by atoms with Crippen LogP contribution in [0, 0.1) is 10.1 Å². The summed E-state index contributed by atoms with van der Waals surface area (Å²) in [6.45, 7) is 0. The van der Waals surface area contributed by atoms with E-state index in [4.69, 9.17) is 9.84 Å². The summed E-state index contributed by atoms with van der Waals surface area (Å²) >= 11 is 0. The summed E-state index contributed by atoms with van der Waals surface area (Å²) in [6.07, 6.45) is -0.143. The Morgan fingerprint density at radius 3 is 2.79 bits per heavy atom. The van der Waals surface area contributed by atoms with E-state index in [1.807, 2.05) is 0 Å². The summed E-state index contributed by atoms with van der Waals surface area (Å²) in [5.41, 5.74) is 2.38. The largest absolute Gasteiger partial charge is 0.496 e. The van der Waals surface area contributed by atoms with Crippen LogP contribution in [-0.4, -0.2) is 33.1 Å². The molecule has 8 heteroatoms. The minimum Gasteiger partial charge on any atom is -0.496 e. The van der Waals surface area contributed by atoms with Gasteiger partial charge in [-0.05, 0) is 12.1 Å². The topological polar surface area (TPSA) is 118 Å². The number of non-ortho nitro benzene ring substituents is 1. The molecule has 0 fully saturated rings. The molecular formula is C16H13N3O5. The molecule has 8 nitrogen and oxygen atoms in total. The van der Waals surface area contributed by atoms with E-state index in [0.717, 1.165) is 0 Å². The Morgan fingerprint density at radius 1 is 1.33 bits per heavy atom. The zero-order valence-electron chi connectivity index (χ0n) is 12.6. The molecule has 0 saturated carbocycles. The number of hydrogen-bond acceptors (Lipinski definition) is 5. The maximum absolute atomic E-state index is 10.9. The molecule has 0 bridgehead atoms. The molecule has 122 valence electrons. The van der Waals surface area contributed by atoms with Crippen molar-refractivity contribution < 1.29 is 19.6 Å². The van der Waals surface area contributed by atoms with Crippen molar-refractivity contribution in [1.82, 2.24) is 9.97 Å². The van der Waals surface area contributed by atoms with Crippen LogP contribution in [0.5, 0.6) is 5.75 Å². The molecule has 0 atom stereocenters. The van der Waals surface area contributed by atoms with Gasteiger partial charge in [0.15, 0.2) is 0 Å². The third-order valence-corrected chi connectivity index (χ3v) is 3.58. The van der Waals surface area contributed by atoms with Crippen molar-refractivity contribution >= 4 is 22.7 Å². The number of rotatable bonds is 5. The van der Waals surface area contributed by atoms with Gasteiger partial charge in [-0.3, -0.25) is 14.9 Å². The van der Waals surface area contributed by atoms with Gasteiger partial charge in [0, 0.05) is 23.3 Å². The van der Waals surface area contributed by atoms with Crippen LogP contribution in [0.3, 0.4) is 0 Å². The van der Waals surface area contributed by atoms with E-state index in [-0.39, 0.29) is 12.1 Å². The lowest BCUT2D eigenvalue weighted by Gasteiger charge is -2.08. The Kier molecular flexibility index (Phi) is 3.87. The standard InChI is InChI=1S/C16H13N3O5/c1-24-14-6-10(3-2-9(14)7-15(20)21)16-17-12-5-4-11(19(22)23)8-13(12)18-16/h2-6,8H,7H2,1H3,(H,17,18)(H,20,21). The van der Waals surface area contributed by atoms with Crippen LogP contribution in [-0.2, 0) is 11.2 Å². The van der Waals surface area contributed by atoms with Gasteiger partial charge in [-0.25, -0.2) is 4.98 Å². The maximum Gasteiger partial charge on any atom is 0.307 e. The minimum atomic E-state index is -0.947. The summed E-state index contributed by atoms with van der Waals surface area (Å²) in [5.74, 6) is 0.0177. The van der Waals surface area contributed by atoms with Crippen LogP contribution < -0.4 is 4.74 Å². The first-order valence-electron chi connectivity index (χ1n) is 7.01. The van der Waals surface area contributed by atoms with E-state index in [1.165, 1.54) is 19.2 Å². The number of methoxy groups -OCH3 is 1. The van der Waals surface area contributed by atoms with E-state index in [9.17, 15) is 14.9 Å². The first-order chi connectivity index (χ1) is 11.5. The first-order valence-corrected chi connectivity index (χ1v) is 7.01. The number of ether oxygens (including phenoxy) is 1. The highest BCUT2D eigenvalue weighted by Crippen LogP contribution is 2.28. The summed E-state index contributed by atoms with van der Waals surface area (Å²) in [5, 5.41) is 19.7. The average Bonchev–Trinajstić information content (AvgIpc) is 2.97. The van der Waals surface area contributed by atoms with Crippen LogP contribution in [0.2, 0.25) is 0 Å². The summed E-state index contributed by atoms with van der Waals surface area (Å²) < 4.78 is 5.24. The lowest BCUT2D eigenvalue weighted by atomic mass is 10.1. The van der Waals surface area contributed by atoms with Crippen LogP contribution >= 0.6 is 0 Å². The van der Waals surface area contributed by atoms with Crippen molar-refractivity contribution in [3.05, 3.63) is 52.1 Å². The van der Waals surface area contributed by atoms with E-state index in [2.05, 4.69) is 9.97 Å². The number of nitro benzene ring substituents is 1. The maximum atomic E-state index is 10.9. The number of nitrogens with zero attached hydrogens (tertiary/aromatic N) is 2. The number of fused-ring (bicyclic) bond motifs is 1. The van der Waals surface area contributed by atoms with Gasteiger partial charge < -0.3 is 14.8 Å². The Bertz CT molecular complexity index is 948. The molecule has 0 aliphatic carbocycles. The predicted molar refractivity (Wildman–Crippen MR) is 86.1 cm³/mol. The van der Waals surface area contributed by atoms with Crippen molar-refractivity contribution in [1.29, 1.82) is 0 Å². The first kappa shape index (κ1) is 15.5. The highest BCUT2D eigenvalue weighted by Gasteiger charge is 2.13. The highest BCUT2D eigenvalue weighted by atomic mass is 16.6. The van der Waals surface area contributed by atoms with Gasteiger partial charge >= 0.3 is 5.97 Å². The number of nitrogens with one attached hydrogen (secondary N) is 1. The van der Waals surface area contributed by atoms with Gasteiger partial charge in [-0.1, -0.05) is 12.1 Å². The fourth-order valence-corrected chi connectivity index (χ4v) is 2.45. The molecule has 24 heavy (non-hydrogen) atoms. The summed E-state index contributed by atoms with van der Waals surface area (Å²) in [6, 6.07) is 9.46. The van der Waals surface area contributed by atoms with Crippen LogP contribution in [0.25, 0.3) is 22.4 Å². The number of carboxylic acids is 1. The number of aliphatic carboxylic acids is 1. The van der Waals surface area contributed by atoms with E-state index in [1.54, 1.807) is 24.3 Å². The molecule has 0 unspecified atom stereocenters. The summed E-state index contributed by atoms with van der Waals surface area (Å²) in [4.78, 5) is 28.7. The molecule has 3 aromatic rings. The van der Waals surface area contributed by atoms with Crippen LogP contribution in [0.1, 0.15) is 5.56 Å². The van der Waals surface area contributed by atoms with Crippen LogP contribution in [0.15, 0.2) is 36.4 Å². The van der Waals surface area contributed by atoms with Crippen molar-refractivity contribution in [2.45, 2.75) is 6.42 Å². The minimum absolute atomic E-state index is 0.0212. The number of H-pyrrole nitrogens is 1. The van der Waals surface area contributed by atoms with Gasteiger partial charge in [0.1, 0.15) is 11.6 Å². The Labute approximate surface area is 135 Å². The zero-order valence-corrected chi connectivity index (χ0v) is 12.6. The second-order valence-electron chi connectivity index (χ2n) is 5.14. The molecule has 0 amide bonds. The third-order valence-electron chi connectivity index (χ3n) is 3.58. The molecule has 0 radical (unpaired) electrons. The molecule has 0 aliphatic heterocycles. The number of aromatic amines is 1. The predicted octanol–water partition coefficient (Wildman–Crippen LogP) is 2.77. The lowest BCUT2D eigenvalue weighted by molar-refractivity contribution is -0.384. The van der Waals surface area contributed by atoms with E-state index >= 15 is 0 Å². The van der Waals surface area contributed by atoms with Gasteiger partial charge in [0.05, 0.1) is 29.5 Å². The lowest BCUT2D eigenvalue weighted by Crippen LogP contribution is -2.02. The molecule has 3 rings (SSSR count). The van der Waals surface area contributed by atoms with Gasteiger partial charge in [0.25, 0.3) is 5.69 Å². The fourth-order valence-electron chi connectivity index (χ4n) is 2.45. The van der Waals surface area contributed by atoms with E-state index in [0.29, 0.717) is 33.7 Å². The number of benzene rings is 2. The van der Waals surface area contributed by atoms with Gasteiger partial charge in [-0.2, -0.15) is 0 Å². The summed E-state index contributed by atoms with van der Waals surface area (Å²) in [7, 11) is 1.46. The second kappa shape index (κ2) is 5.99. The fraction of sp³-hybridized carbons (Fsp3) is 0.125. The highest BCUT2D eigenvalue weighted by molar-refractivity contribution is 5.82. The number of carboxylic acid groups (broad SMARTS) is 1. The second-order valence-corrected chi connectivity index (χ2v) is 5.14. The molecule has 1 aromatic heterocycles. The van der Waals surface area contributed by atoms with Crippen molar-refractivity contribution in [3.8, 4) is 17.1 Å². The van der Waals surface area contributed by atoms with Crippen molar-refractivity contribution in [3.63, 3.8) is 0 Å². The molecule has 1 heterocycles. The van der Waals surface area contributed by atoms with Gasteiger partial charge in [0.2, 0.25) is 0 Å². The van der Waals surface area contributed by atoms with Crippen LogP contribution in [0.4, 0.5) is 5.69 Å². The Balaban J connectivity index is 2.03. The SMILES string of the molecule is COc1cc(-c2nc3ccc([N+](=O)[O-])cc3[nH]2)ccc1CC(=O)O. The Morgan fingerprint density at radius 2 is 2.12 bits per heavy atom. The van der Waals surface area contributed by atoms with Crippen molar-refractivity contribution in [2.24, 2.45) is 0 Å². The van der Waals surface area contributed by atoms with Gasteiger partial charge in [-0.15, -0.1) is 0 Å². The third kappa shape index (κ3) is 2.89. The van der Waals surface area contributed by atoms with E-state index < -0.39 is 10.9 Å². The molecular weight excluding hydrogens is 314 g/mol. The number of nitro groups is 1. The number of aromatic nitrogens is 2. The number of imidazole rings is 1. The monoisotopic (exact) mass is 327 g/mol.